The van der Waals surface area contributed by atoms with Gasteiger partial charge in [0.25, 0.3) is 5.56 Å². The molecule has 4 rings (SSSR count). The SMILES string of the molecule is CCc1cc2c(=O)n(CCc3ccccc3)c(Sc3ccc(C#N)nn3)nc2s1. The van der Waals surface area contributed by atoms with E-state index in [1.165, 1.54) is 11.8 Å². The highest BCUT2D eigenvalue weighted by molar-refractivity contribution is 7.99. The van der Waals surface area contributed by atoms with E-state index in [4.69, 9.17) is 10.2 Å². The van der Waals surface area contributed by atoms with E-state index in [1.54, 1.807) is 28.0 Å². The standard InChI is InChI=1S/C21H17N5OS2/c1-2-16-12-17-19(28-16)23-21(29-18-9-8-15(13-22)24-25-18)26(20(17)27)11-10-14-6-4-3-5-7-14/h3-9,12H,2,10-11H2,1H3. The molecule has 3 heterocycles. The Labute approximate surface area is 175 Å². The zero-order valence-corrected chi connectivity index (χ0v) is 17.3. The van der Waals surface area contributed by atoms with Gasteiger partial charge in [-0.25, -0.2) is 4.98 Å². The normalized spacial score (nSPS) is 10.9. The Kier molecular flexibility index (Phi) is 5.69. The number of nitrogens with zero attached hydrogens (tertiary/aromatic N) is 5. The molecule has 0 fully saturated rings. The first-order chi connectivity index (χ1) is 14.2. The molecule has 0 radical (unpaired) electrons. The van der Waals surface area contributed by atoms with Crippen LogP contribution in [0.4, 0.5) is 0 Å². The molecule has 29 heavy (non-hydrogen) atoms. The topological polar surface area (TPSA) is 84.5 Å². The van der Waals surface area contributed by atoms with E-state index < -0.39 is 0 Å². The molecule has 1 aromatic carbocycles. The Bertz CT molecular complexity index is 1240. The van der Waals surface area contributed by atoms with E-state index in [0.29, 0.717) is 22.1 Å². The van der Waals surface area contributed by atoms with Crippen molar-refractivity contribution in [1.29, 1.82) is 5.26 Å². The largest absolute Gasteiger partial charge is 0.286 e. The fraction of sp³-hybridized carbons (Fsp3) is 0.190. The molecule has 0 N–H and O–H groups in total. The first-order valence-corrected chi connectivity index (χ1v) is 10.8. The molecule has 0 atom stereocenters. The maximum Gasteiger partial charge on any atom is 0.262 e. The summed E-state index contributed by atoms with van der Waals surface area (Å²) in [6, 6.07) is 17.3. The molecule has 0 spiro atoms. The number of rotatable bonds is 6. The van der Waals surface area contributed by atoms with E-state index in [0.717, 1.165) is 28.1 Å². The van der Waals surface area contributed by atoms with Crippen LogP contribution in [0.5, 0.6) is 0 Å². The van der Waals surface area contributed by atoms with E-state index in [9.17, 15) is 4.79 Å². The summed E-state index contributed by atoms with van der Waals surface area (Å²) >= 11 is 2.84. The minimum absolute atomic E-state index is 0.0361. The predicted molar refractivity (Wildman–Crippen MR) is 114 cm³/mol. The van der Waals surface area contributed by atoms with E-state index in [1.807, 2.05) is 30.3 Å². The van der Waals surface area contributed by atoms with E-state index in [-0.39, 0.29) is 11.3 Å². The molecule has 0 saturated carbocycles. The zero-order valence-electron chi connectivity index (χ0n) is 15.7. The zero-order chi connectivity index (χ0) is 20.2. The molecule has 0 aliphatic rings. The lowest BCUT2D eigenvalue weighted by Gasteiger charge is -2.11. The van der Waals surface area contributed by atoms with Crippen molar-refractivity contribution >= 4 is 33.3 Å². The van der Waals surface area contributed by atoms with Gasteiger partial charge in [0.1, 0.15) is 15.9 Å². The molecule has 0 unspecified atom stereocenters. The van der Waals surface area contributed by atoms with Crippen LogP contribution in [0.3, 0.4) is 0 Å². The number of thiophene rings is 1. The van der Waals surface area contributed by atoms with Gasteiger partial charge >= 0.3 is 0 Å². The van der Waals surface area contributed by atoms with Crippen molar-refractivity contribution < 1.29 is 0 Å². The van der Waals surface area contributed by atoms with Crippen LogP contribution in [0.2, 0.25) is 0 Å². The highest BCUT2D eigenvalue weighted by Crippen LogP contribution is 2.28. The average molecular weight is 420 g/mol. The molecular weight excluding hydrogens is 402 g/mol. The van der Waals surface area contributed by atoms with Gasteiger partial charge in [-0.05, 0) is 48.4 Å². The third-order valence-corrected chi connectivity index (χ3v) is 6.53. The Morgan fingerprint density at radius 1 is 1.17 bits per heavy atom. The van der Waals surface area contributed by atoms with E-state index in [2.05, 4.69) is 29.3 Å². The van der Waals surface area contributed by atoms with Gasteiger partial charge < -0.3 is 0 Å². The third-order valence-electron chi connectivity index (χ3n) is 4.43. The first kappa shape index (κ1) is 19.3. The van der Waals surface area contributed by atoms with Crippen molar-refractivity contribution in [2.24, 2.45) is 0 Å². The second-order valence-electron chi connectivity index (χ2n) is 6.34. The van der Waals surface area contributed by atoms with Gasteiger partial charge in [0.15, 0.2) is 10.9 Å². The lowest BCUT2D eigenvalue weighted by Crippen LogP contribution is -2.23. The fourth-order valence-corrected chi connectivity index (χ4v) is 4.75. The smallest absolute Gasteiger partial charge is 0.262 e. The van der Waals surface area contributed by atoms with Crippen LogP contribution in [-0.4, -0.2) is 19.7 Å². The molecule has 6 nitrogen and oxygen atoms in total. The number of hydrogen-bond donors (Lipinski definition) is 0. The van der Waals surface area contributed by atoms with Crippen molar-refractivity contribution in [2.75, 3.05) is 0 Å². The molecule has 0 saturated heterocycles. The van der Waals surface area contributed by atoms with Crippen LogP contribution in [0.15, 0.2) is 63.5 Å². The number of aromatic nitrogens is 4. The summed E-state index contributed by atoms with van der Waals surface area (Å²) < 4.78 is 1.71. The second-order valence-corrected chi connectivity index (χ2v) is 8.45. The van der Waals surface area contributed by atoms with Crippen molar-refractivity contribution in [3.63, 3.8) is 0 Å². The highest BCUT2D eigenvalue weighted by Gasteiger charge is 2.16. The highest BCUT2D eigenvalue weighted by atomic mass is 32.2. The summed E-state index contributed by atoms with van der Waals surface area (Å²) in [7, 11) is 0. The van der Waals surface area contributed by atoms with Crippen LogP contribution in [0.25, 0.3) is 10.2 Å². The van der Waals surface area contributed by atoms with Gasteiger partial charge in [-0.1, -0.05) is 37.3 Å². The monoisotopic (exact) mass is 419 g/mol. The second kappa shape index (κ2) is 8.55. The Hall–Kier alpha value is -3.02. The number of fused-ring (bicyclic) bond motifs is 1. The lowest BCUT2D eigenvalue weighted by molar-refractivity contribution is 0.595. The van der Waals surface area contributed by atoms with Crippen molar-refractivity contribution in [3.05, 3.63) is 75.0 Å². The van der Waals surface area contributed by atoms with Crippen molar-refractivity contribution in [3.8, 4) is 6.07 Å². The summed E-state index contributed by atoms with van der Waals surface area (Å²) in [5.41, 5.74) is 1.38. The van der Waals surface area contributed by atoms with Gasteiger partial charge in [-0.15, -0.1) is 21.5 Å². The van der Waals surface area contributed by atoms with Crippen LogP contribution < -0.4 is 5.56 Å². The Morgan fingerprint density at radius 3 is 2.69 bits per heavy atom. The molecule has 8 heteroatoms. The summed E-state index contributed by atoms with van der Waals surface area (Å²) in [6.07, 6.45) is 1.60. The van der Waals surface area contributed by atoms with Crippen molar-refractivity contribution in [2.45, 2.75) is 36.5 Å². The molecule has 3 aromatic heterocycles. The quantitative estimate of drug-likeness (QED) is 0.438. The summed E-state index contributed by atoms with van der Waals surface area (Å²) in [4.78, 5) is 19.9. The van der Waals surface area contributed by atoms with Gasteiger partial charge in [0, 0.05) is 11.4 Å². The molecule has 0 aliphatic heterocycles. The lowest BCUT2D eigenvalue weighted by atomic mass is 10.1. The predicted octanol–water partition coefficient (Wildman–Crippen LogP) is 4.08. The maximum absolute atomic E-state index is 13.2. The molecule has 0 amide bonds. The number of aryl methyl sites for hydroxylation is 2. The number of benzene rings is 1. The number of nitriles is 1. The molecule has 0 bridgehead atoms. The number of hydrogen-bond acceptors (Lipinski definition) is 7. The minimum atomic E-state index is -0.0361. The molecule has 144 valence electrons. The fourth-order valence-electron chi connectivity index (χ4n) is 2.91. The third kappa shape index (κ3) is 4.21. The van der Waals surface area contributed by atoms with Gasteiger partial charge in [0.2, 0.25) is 0 Å². The summed E-state index contributed by atoms with van der Waals surface area (Å²) in [5, 5.41) is 18.7. The van der Waals surface area contributed by atoms with Crippen LogP contribution in [-0.2, 0) is 19.4 Å². The Balaban J connectivity index is 1.74. The average Bonchev–Trinajstić information content (AvgIpc) is 3.18. The van der Waals surface area contributed by atoms with E-state index >= 15 is 0 Å². The summed E-state index contributed by atoms with van der Waals surface area (Å²) in [5.74, 6) is 0. The van der Waals surface area contributed by atoms with Crippen LogP contribution in [0.1, 0.15) is 23.1 Å². The van der Waals surface area contributed by atoms with Crippen LogP contribution in [0, 0.1) is 11.3 Å². The van der Waals surface area contributed by atoms with Gasteiger partial charge in [-0.2, -0.15) is 5.26 Å². The Morgan fingerprint density at radius 2 is 2.00 bits per heavy atom. The molecular formula is C21H17N5OS2. The van der Waals surface area contributed by atoms with Gasteiger partial charge in [-0.3, -0.25) is 9.36 Å². The van der Waals surface area contributed by atoms with Crippen LogP contribution >= 0.6 is 23.1 Å². The van der Waals surface area contributed by atoms with Gasteiger partial charge in [0.05, 0.1) is 5.39 Å². The first-order valence-electron chi connectivity index (χ1n) is 9.17. The summed E-state index contributed by atoms with van der Waals surface area (Å²) in [6.45, 7) is 2.59. The van der Waals surface area contributed by atoms with Crippen molar-refractivity contribution in [1.82, 2.24) is 19.7 Å². The molecule has 4 aromatic rings. The minimum Gasteiger partial charge on any atom is -0.286 e. The molecule has 0 aliphatic carbocycles. The maximum atomic E-state index is 13.2.